The normalized spacial score (nSPS) is 11.9. The van der Waals surface area contributed by atoms with Crippen molar-refractivity contribution < 1.29 is 4.74 Å². The third-order valence-corrected chi connectivity index (χ3v) is 3.27. The lowest BCUT2D eigenvalue weighted by Gasteiger charge is -2.37. The summed E-state index contributed by atoms with van der Waals surface area (Å²) in [7, 11) is 1.69. The summed E-state index contributed by atoms with van der Waals surface area (Å²) in [5.41, 5.74) is 7.14. The lowest BCUT2D eigenvalue weighted by Crippen LogP contribution is -2.48. The molecule has 0 aliphatic rings. The van der Waals surface area contributed by atoms with Crippen LogP contribution >= 0.6 is 0 Å². The number of likely N-dealkylation sites (N-methyl/N-ethyl adjacent to an activating group) is 1. The largest absolute Gasteiger partial charge is 0.497 e. The average molecular weight is 236 g/mol. The molecule has 0 saturated heterocycles. The molecule has 0 spiro atoms. The van der Waals surface area contributed by atoms with Crippen molar-refractivity contribution in [2.24, 2.45) is 5.73 Å². The molecule has 3 heteroatoms. The highest BCUT2D eigenvalue weighted by Gasteiger charge is 2.23. The molecule has 1 aromatic carbocycles. The Morgan fingerprint density at radius 1 is 1.24 bits per heavy atom. The van der Waals surface area contributed by atoms with E-state index in [1.807, 2.05) is 12.1 Å². The van der Waals surface area contributed by atoms with Gasteiger partial charge in [-0.15, -0.1) is 0 Å². The van der Waals surface area contributed by atoms with E-state index >= 15 is 0 Å². The van der Waals surface area contributed by atoms with E-state index in [1.54, 1.807) is 7.11 Å². The molecule has 3 nitrogen and oxygen atoms in total. The van der Waals surface area contributed by atoms with Crippen LogP contribution < -0.4 is 10.5 Å². The first kappa shape index (κ1) is 14.0. The van der Waals surface area contributed by atoms with Gasteiger partial charge in [0.25, 0.3) is 0 Å². The van der Waals surface area contributed by atoms with Crippen LogP contribution in [0.15, 0.2) is 24.3 Å². The molecule has 0 aliphatic carbocycles. The van der Waals surface area contributed by atoms with Crippen LogP contribution in [0, 0.1) is 0 Å². The number of hydrogen-bond acceptors (Lipinski definition) is 3. The fraction of sp³-hybridized carbons (Fsp3) is 0.571. The number of rotatable bonds is 6. The molecule has 96 valence electrons. The lowest BCUT2D eigenvalue weighted by molar-refractivity contribution is 0.126. The third-order valence-electron chi connectivity index (χ3n) is 3.27. The highest BCUT2D eigenvalue weighted by molar-refractivity contribution is 5.27. The molecule has 0 aromatic heterocycles. The van der Waals surface area contributed by atoms with Gasteiger partial charge in [-0.25, -0.2) is 0 Å². The Hall–Kier alpha value is -1.06. The highest BCUT2D eigenvalue weighted by Crippen LogP contribution is 2.18. The molecule has 0 heterocycles. The van der Waals surface area contributed by atoms with Crippen LogP contribution in [0.4, 0.5) is 0 Å². The fourth-order valence-corrected chi connectivity index (χ4v) is 1.83. The summed E-state index contributed by atoms with van der Waals surface area (Å²) in [4.78, 5) is 2.38. The first-order chi connectivity index (χ1) is 8.03. The van der Waals surface area contributed by atoms with Crippen LogP contribution in [-0.2, 0) is 6.54 Å². The summed E-state index contributed by atoms with van der Waals surface area (Å²) < 4.78 is 5.16. The Morgan fingerprint density at radius 2 is 1.82 bits per heavy atom. The van der Waals surface area contributed by atoms with E-state index in [2.05, 4.69) is 37.8 Å². The molecule has 0 fully saturated rings. The zero-order valence-electron chi connectivity index (χ0n) is 11.4. The zero-order chi connectivity index (χ0) is 12.9. The van der Waals surface area contributed by atoms with Crippen molar-refractivity contribution in [3.63, 3.8) is 0 Å². The fourth-order valence-electron chi connectivity index (χ4n) is 1.83. The molecular weight excluding hydrogens is 212 g/mol. The second kappa shape index (κ2) is 6.03. The van der Waals surface area contributed by atoms with Crippen LogP contribution in [0.1, 0.15) is 26.3 Å². The maximum atomic E-state index is 5.82. The Labute approximate surface area is 105 Å². The molecule has 0 atom stereocenters. The molecule has 0 radical (unpaired) electrons. The van der Waals surface area contributed by atoms with E-state index in [9.17, 15) is 0 Å². The Bertz CT molecular complexity index is 333. The molecule has 0 amide bonds. The van der Waals surface area contributed by atoms with Gasteiger partial charge in [0.1, 0.15) is 5.75 Å². The number of methoxy groups -OCH3 is 1. The van der Waals surface area contributed by atoms with Gasteiger partial charge in [-0.3, -0.25) is 4.90 Å². The van der Waals surface area contributed by atoms with Crippen LogP contribution in [0.25, 0.3) is 0 Å². The maximum absolute atomic E-state index is 5.82. The van der Waals surface area contributed by atoms with Gasteiger partial charge >= 0.3 is 0 Å². The zero-order valence-corrected chi connectivity index (χ0v) is 11.4. The molecule has 0 saturated carbocycles. The van der Waals surface area contributed by atoms with Crippen LogP contribution in [0.3, 0.4) is 0 Å². The van der Waals surface area contributed by atoms with Gasteiger partial charge in [-0.05, 0) is 38.1 Å². The summed E-state index contributed by atoms with van der Waals surface area (Å²) >= 11 is 0. The van der Waals surface area contributed by atoms with E-state index < -0.39 is 0 Å². The molecule has 0 unspecified atom stereocenters. The topological polar surface area (TPSA) is 38.5 Å². The van der Waals surface area contributed by atoms with E-state index in [0.717, 1.165) is 18.8 Å². The van der Waals surface area contributed by atoms with Gasteiger partial charge in [-0.2, -0.15) is 0 Å². The van der Waals surface area contributed by atoms with Crippen molar-refractivity contribution in [3.8, 4) is 5.75 Å². The first-order valence-electron chi connectivity index (χ1n) is 6.11. The van der Waals surface area contributed by atoms with E-state index in [1.165, 1.54) is 5.56 Å². The summed E-state index contributed by atoms with van der Waals surface area (Å²) in [6, 6.07) is 8.21. The van der Waals surface area contributed by atoms with Crippen molar-refractivity contribution in [2.75, 3.05) is 20.2 Å². The minimum absolute atomic E-state index is 0.0364. The van der Waals surface area contributed by atoms with E-state index in [4.69, 9.17) is 10.5 Å². The predicted octanol–water partition coefficient (Wildman–Crippen LogP) is 2.25. The minimum Gasteiger partial charge on any atom is -0.497 e. The predicted molar refractivity (Wildman–Crippen MR) is 72.2 cm³/mol. The van der Waals surface area contributed by atoms with E-state index in [-0.39, 0.29) is 5.54 Å². The SMILES string of the molecule is CCN(Cc1ccc(OC)cc1)C(C)(C)CN. The molecule has 0 aliphatic heterocycles. The van der Waals surface area contributed by atoms with Crippen molar-refractivity contribution in [1.82, 2.24) is 4.90 Å². The third kappa shape index (κ3) is 3.72. The van der Waals surface area contributed by atoms with Crippen LogP contribution in [-0.4, -0.2) is 30.6 Å². The average Bonchev–Trinajstić information content (AvgIpc) is 2.36. The summed E-state index contributed by atoms with van der Waals surface area (Å²) in [5, 5.41) is 0. The first-order valence-corrected chi connectivity index (χ1v) is 6.11. The summed E-state index contributed by atoms with van der Waals surface area (Å²) in [5.74, 6) is 0.898. The number of nitrogens with two attached hydrogens (primary N) is 1. The van der Waals surface area contributed by atoms with E-state index in [0.29, 0.717) is 6.54 Å². The number of nitrogens with zero attached hydrogens (tertiary/aromatic N) is 1. The van der Waals surface area contributed by atoms with Gasteiger partial charge in [-0.1, -0.05) is 19.1 Å². The van der Waals surface area contributed by atoms with Crippen LogP contribution in [0.5, 0.6) is 5.75 Å². The monoisotopic (exact) mass is 236 g/mol. The van der Waals surface area contributed by atoms with Crippen LogP contribution in [0.2, 0.25) is 0 Å². The molecule has 0 bridgehead atoms. The van der Waals surface area contributed by atoms with Gasteiger partial charge in [0.15, 0.2) is 0 Å². The molecule has 2 N–H and O–H groups in total. The van der Waals surface area contributed by atoms with Gasteiger partial charge in [0.05, 0.1) is 7.11 Å². The molecule has 1 aromatic rings. The number of hydrogen-bond donors (Lipinski definition) is 1. The smallest absolute Gasteiger partial charge is 0.118 e. The van der Waals surface area contributed by atoms with Crippen molar-refractivity contribution >= 4 is 0 Å². The molecule has 1 rings (SSSR count). The van der Waals surface area contributed by atoms with Gasteiger partial charge in [0.2, 0.25) is 0 Å². The quantitative estimate of drug-likeness (QED) is 0.823. The Kier molecular flexibility index (Phi) is 4.97. The summed E-state index contributed by atoms with van der Waals surface area (Å²) in [6.45, 7) is 9.11. The van der Waals surface area contributed by atoms with Crippen molar-refractivity contribution in [1.29, 1.82) is 0 Å². The lowest BCUT2D eigenvalue weighted by atomic mass is 10.0. The van der Waals surface area contributed by atoms with Crippen molar-refractivity contribution in [3.05, 3.63) is 29.8 Å². The number of benzene rings is 1. The Morgan fingerprint density at radius 3 is 2.24 bits per heavy atom. The number of ether oxygens (including phenoxy) is 1. The Balaban J connectivity index is 2.73. The molecular formula is C14H24N2O. The molecule has 17 heavy (non-hydrogen) atoms. The van der Waals surface area contributed by atoms with Gasteiger partial charge < -0.3 is 10.5 Å². The minimum atomic E-state index is 0.0364. The second-order valence-electron chi connectivity index (χ2n) is 4.88. The standard InChI is InChI=1S/C14H24N2O/c1-5-16(14(2,3)11-15)10-12-6-8-13(17-4)9-7-12/h6-9H,5,10-11,15H2,1-4H3. The highest BCUT2D eigenvalue weighted by atomic mass is 16.5. The maximum Gasteiger partial charge on any atom is 0.118 e. The van der Waals surface area contributed by atoms with Crippen molar-refractivity contribution in [2.45, 2.75) is 32.9 Å². The summed E-state index contributed by atoms with van der Waals surface area (Å²) in [6.07, 6.45) is 0. The van der Waals surface area contributed by atoms with Gasteiger partial charge in [0, 0.05) is 18.6 Å². The second-order valence-corrected chi connectivity index (χ2v) is 4.88.